The summed E-state index contributed by atoms with van der Waals surface area (Å²) >= 11 is 0. The van der Waals surface area contributed by atoms with Gasteiger partial charge in [0.25, 0.3) is 20.0 Å². The normalized spacial score (nSPS) is 16.6. The molecule has 2 aliphatic carbocycles. The van der Waals surface area contributed by atoms with Gasteiger partial charge in [0, 0.05) is 59.8 Å². The number of halogens is 1. The van der Waals surface area contributed by atoms with E-state index >= 15 is 0 Å². The van der Waals surface area contributed by atoms with Crippen LogP contribution in [0.25, 0.3) is 22.5 Å². The molecule has 15 nitrogen and oxygen atoms in total. The number of nitriles is 1. The molecule has 8 aromatic rings. The first-order valence-corrected chi connectivity index (χ1v) is 30.8. The minimum absolute atomic E-state index is 0.0104. The Bertz CT molecular complexity index is 3760. The number of nitrogens with zero attached hydrogens (tertiary/aromatic N) is 7. The van der Waals surface area contributed by atoms with Crippen LogP contribution < -0.4 is 20.1 Å². The largest absolute Gasteiger partial charge is 0.354 e. The number of rotatable bonds is 18. The Hall–Kier alpha value is -8.08. The Morgan fingerprint density at radius 2 is 0.938 bits per heavy atom. The van der Waals surface area contributed by atoms with Crippen molar-refractivity contribution < 1.29 is 21.2 Å². The molecule has 2 aromatic heterocycles. The highest BCUT2D eigenvalue weighted by molar-refractivity contribution is 7.93. The Morgan fingerprint density at radius 3 is 1.36 bits per heavy atom. The van der Waals surface area contributed by atoms with E-state index in [1.165, 1.54) is 99.4 Å². The van der Waals surface area contributed by atoms with Crippen molar-refractivity contribution in [3.8, 4) is 28.6 Å². The molecule has 0 bridgehead atoms. The van der Waals surface area contributed by atoms with Gasteiger partial charge in [-0.1, -0.05) is 72.8 Å². The number of hydrogen-bond acceptors (Lipinski definition) is 13. The molecule has 4 aliphatic rings. The maximum absolute atomic E-state index is 13.2. The molecule has 4 heterocycles. The molecule has 0 spiro atoms. The summed E-state index contributed by atoms with van der Waals surface area (Å²) in [4.78, 5) is 24.2. The number of likely N-dealkylation sites (tertiary alicyclic amines) is 2. The molecule has 2 unspecified atom stereocenters. The summed E-state index contributed by atoms with van der Waals surface area (Å²) in [6.07, 6.45) is 12.8. The number of sulfonamides is 2. The lowest BCUT2D eigenvalue weighted by molar-refractivity contribution is 0.337. The van der Waals surface area contributed by atoms with Crippen molar-refractivity contribution in [2.24, 2.45) is 0 Å². The van der Waals surface area contributed by atoms with Crippen LogP contribution in [0.5, 0.6) is 0 Å². The molecule has 2 aliphatic heterocycles. The lowest BCUT2D eigenvalue weighted by atomic mass is 9.78. The molecule has 2 fully saturated rings. The zero-order chi connectivity index (χ0) is 55.8. The van der Waals surface area contributed by atoms with Crippen molar-refractivity contribution in [3.63, 3.8) is 0 Å². The fraction of sp³-hybridized carbons (Fsp3) is 0.286. The van der Waals surface area contributed by atoms with Gasteiger partial charge in [-0.3, -0.25) is 9.44 Å². The standard InChI is InChI=1S/C32H32N6O2S.C31H32FN5O2S/c33-21-23-8-14-27(15-9-23)41(39,40)37-26-12-10-24(11-13-26)30-20-25-22-35-32(34-16-5-19-38-17-3-4-18-38)36-31(25)29-7-2-1-6-28(29)30;32-24-10-14-26(15-11-24)40(38,39)36-25-12-8-22(9-13-25)29-20-23-21-34-31(33-16-5-19-37-17-3-4-18-37)35-30(23)28-7-2-1-6-27(28)29/h1-2,6-15,22,30,37H,3-5,16-20H2,(H,34,35,36);1-2,6-15,21,29,36H,3-5,16-20H2,(H,33,34,35). The molecule has 0 saturated carbocycles. The predicted octanol–water partition coefficient (Wildman–Crippen LogP) is 11.1. The second-order valence-electron chi connectivity index (χ2n) is 21.0. The Morgan fingerprint density at radius 1 is 0.531 bits per heavy atom. The van der Waals surface area contributed by atoms with Gasteiger partial charge in [0.2, 0.25) is 11.9 Å². The minimum Gasteiger partial charge on any atom is -0.354 e. The van der Waals surface area contributed by atoms with Crippen LogP contribution in [-0.2, 0) is 32.9 Å². The topological polar surface area (TPSA) is 198 Å². The Balaban J connectivity index is 0.000000170. The monoisotopic (exact) mass is 1120 g/mol. The quantitative estimate of drug-likeness (QED) is 0.0593. The van der Waals surface area contributed by atoms with Crippen molar-refractivity contribution in [2.75, 3.05) is 72.4 Å². The van der Waals surface area contributed by atoms with E-state index in [4.69, 9.17) is 15.2 Å². The highest BCUT2D eigenvalue weighted by atomic mass is 32.2. The number of hydrogen-bond donors (Lipinski definition) is 4. The highest BCUT2D eigenvalue weighted by Gasteiger charge is 2.30. The van der Waals surface area contributed by atoms with Crippen LogP contribution in [0.2, 0.25) is 0 Å². The van der Waals surface area contributed by atoms with Crippen LogP contribution in [0.15, 0.2) is 168 Å². The van der Waals surface area contributed by atoms with Crippen molar-refractivity contribution in [1.29, 1.82) is 5.26 Å². The molecule has 6 aromatic carbocycles. The zero-order valence-corrected chi connectivity index (χ0v) is 46.6. The van der Waals surface area contributed by atoms with Gasteiger partial charge >= 0.3 is 0 Å². The average Bonchev–Trinajstić information content (AvgIpc) is 4.33. The van der Waals surface area contributed by atoms with Crippen LogP contribution in [0.3, 0.4) is 0 Å². The third-order valence-corrected chi connectivity index (χ3v) is 18.4. The summed E-state index contributed by atoms with van der Waals surface area (Å²) in [6.45, 7) is 8.75. The van der Waals surface area contributed by atoms with Gasteiger partial charge in [-0.2, -0.15) is 5.26 Å². The van der Waals surface area contributed by atoms with E-state index in [9.17, 15) is 21.2 Å². The summed E-state index contributed by atoms with van der Waals surface area (Å²) in [6, 6.07) is 44.3. The molecule has 0 amide bonds. The van der Waals surface area contributed by atoms with Gasteiger partial charge in [0.1, 0.15) is 5.82 Å². The maximum Gasteiger partial charge on any atom is 0.261 e. The zero-order valence-electron chi connectivity index (χ0n) is 44.9. The molecule has 0 radical (unpaired) electrons. The lowest BCUT2D eigenvalue weighted by Crippen LogP contribution is -2.22. The van der Waals surface area contributed by atoms with Gasteiger partial charge in [-0.05, 0) is 197 Å². The number of fused-ring (bicyclic) bond motifs is 6. The van der Waals surface area contributed by atoms with Crippen LogP contribution >= 0.6 is 0 Å². The van der Waals surface area contributed by atoms with Crippen molar-refractivity contribution >= 4 is 43.3 Å². The van der Waals surface area contributed by atoms with E-state index in [1.54, 1.807) is 24.3 Å². The molecule has 2 saturated heterocycles. The molecule has 4 N–H and O–H groups in total. The number of anilines is 4. The first kappa shape index (κ1) is 54.9. The van der Waals surface area contributed by atoms with Crippen molar-refractivity contribution in [2.45, 2.75) is 73.0 Å². The molecule has 81 heavy (non-hydrogen) atoms. The first-order chi connectivity index (χ1) is 39.5. The second kappa shape index (κ2) is 24.7. The molecule has 2 atom stereocenters. The van der Waals surface area contributed by atoms with Gasteiger partial charge in [-0.25, -0.2) is 41.2 Å². The number of benzene rings is 6. The van der Waals surface area contributed by atoms with E-state index < -0.39 is 25.9 Å². The van der Waals surface area contributed by atoms with Gasteiger partial charge < -0.3 is 20.4 Å². The summed E-state index contributed by atoms with van der Waals surface area (Å²) in [5.74, 6) is 1.03. The fourth-order valence-corrected chi connectivity index (χ4v) is 13.5. The Kier molecular flexibility index (Phi) is 16.8. The fourth-order valence-electron chi connectivity index (χ4n) is 11.4. The summed E-state index contributed by atoms with van der Waals surface area (Å²) in [5.41, 5.74) is 12.2. The molecular weight excluding hydrogens is 1060 g/mol. The molecular formula is C63H64FN11O4S2. The van der Waals surface area contributed by atoms with Gasteiger partial charge in [0.05, 0.1) is 32.8 Å². The van der Waals surface area contributed by atoms with Gasteiger partial charge in [0.15, 0.2) is 0 Å². The van der Waals surface area contributed by atoms with E-state index in [-0.39, 0.29) is 21.6 Å². The summed E-state index contributed by atoms with van der Waals surface area (Å²) in [7, 11) is -7.58. The van der Waals surface area contributed by atoms with E-state index in [0.29, 0.717) is 28.8 Å². The average molecular weight is 1120 g/mol. The van der Waals surface area contributed by atoms with Crippen LogP contribution in [-0.4, -0.2) is 98.9 Å². The molecule has 12 rings (SSSR count). The number of aromatic nitrogens is 4. The molecule has 18 heteroatoms. The highest BCUT2D eigenvalue weighted by Crippen LogP contribution is 2.44. The third-order valence-electron chi connectivity index (χ3n) is 15.6. The van der Waals surface area contributed by atoms with Crippen molar-refractivity contribution in [1.82, 2.24) is 29.7 Å². The SMILES string of the molecule is N#Cc1ccc(S(=O)(=O)Nc2ccc(C3Cc4cnc(NCCCN5CCCC5)nc4-c4ccccc43)cc2)cc1.O=S(=O)(Nc1ccc(C2Cc3cnc(NCCCN4CCCC4)nc3-c3ccccc32)cc1)c1ccc(F)cc1. The van der Waals surface area contributed by atoms with Crippen LogP contribution in [0.4, 0.5) is 27.7 Å². The lowest BCUT2D eigenvalue weighted by Gasteiger charge is -2.27. The maximum atomic E-state index is 13.2. The third kappa shape index (κ3) is 13.1. The van der Waals surface area contributed by atoms with E-state index in [0.717, 1.165) is 109 Å². The summed E-state index contributed by atoms with van der Waals surface area (Å²) < 4.78 is 69.6. The first-order valence-electron chi connectivity index (χ1n) is 27.8. The minimum atomic E-state index is -3.82. The van der Waals surface area contributed by atoms with Crippen molar-refractivity contribution in [3.05, 3.63) is 203 Å². The summed E-state index contributed by atoms with van der Waals surface area (Å²) in [5, 5.41) is 15.8. The second-order valence-corrected chi connectivity index (χ2v) is 24.4. The van der Waals surface area contributed by atoms with Crippen LogP contribution in [0, 0.1) is 17.1 Å². The van der Waals surface area contributed by atoms with Gasteiger partial charge in [-0.15, -0.1) is 0 Å². The predicted molar refractivity (Wildman–Crippen MR) is 316 cm³/mol. The number of nitrogens with one attached hydrogen (secondary N) is 4. The smallest absolute Gasteiger partial charge is 0.261 e. The van der Waals surface area contributed by atoms with E-state index in [2.05, 4.69) is 70.2 Å². The van der Waals surface area contributed by atoms with Crippen LogP contribution in [0.1, 0.15) is 89.3 Å². The Labute approximate surface area is 473 Å². The van der Waals surface area contributed by atoms with E-state index in [1.807, 2.05) is 60.9 Å². The molecule has 414 valence electrons.